The second-order valence-corrected chi connectivity index (χ2v) is 7.38. The van der Waals surface area contributed by atoms with Crippen molar-refractivity contribution in [2.45, 2.75) is 32.6 Å². The second-order valence-electron chi connectivity index (χ2n) is 7.38. The van der Waals surface area contributed by atoms with E-state index in [1.54, 1.807) is 0 Å². The fourth-order valence-electron chi connectivity index (χ4n) is 4.24. The Labute approximate surface area is 157 Å². The SMILES string of the molecule is Cc1nn(C)cc1-c1nc2ccccc2n2c(C3CCOCC3)nc(C)c12. The molecule has 0 unspecified atom stereocenters. The molecule has 4 heterocycles. The minimum absolute atomic E-state index is 0.411. The number of aromatic nitrogens is 5. The monoisotopic (exact) mass is 361 g/mol. The van der Waals surface area contributed by atoms with Crippen LogP contribution < -0.4 is 0 Å². The summed E-state index contributed by atoms with van der Waals surface area (Å²) in [6.45, 7) is 5.73. The molecule has 1 fully saturated rings. The normalized spacial score (nSPS) is 15.8. The summed E-state index contributed by atoms with van der Waals surface area (Å²) in [7, 11) is 1.95. The van der Waals surface area contributed by atoms with Gasteiger partial charge < -0.3 is 4.74 Å². The maximum absolute atomic E-state index is 5.58. The van der Waals surface area contributed by atoms with Crippen LogP contribution in [0.1, 0.15) is 36.0 Å². The summed E-state index contributed by atoms with van der Waals surface area (Å²) >= 11 is 0. The minimum Gasteiger partial charge on any atom is -0.381 e. The molecule has 0 amide bonds. The second kappa shape index (κ2) is 6.16. The van der Waals surface area contributed by atoms with Gasteiger partial charge in [0, 0.05) is 37.9 Å². The van der Waals surface area contributed by atoms with Crippen LogP contribution >= 0.6 is 0 Å². The van der Waals surface area contributed by atoms with Crippen LogP contribution in [0.5, 0.6) is 0 Å². The smallest absolute Gasteiger partial charge is 0.117 e. The quantitative estimate of drug-likeness (QED) is 0.545. The number of aryl methyl sites for hydroxylation is 3. The van der Waals surface area contributed by atoms with E-state index >= 15 is 0 Å². The van der Waals surface area contributed by atoms with E-state index in [9.17, 15) is 0 Å². The van der Waals surface area contributed by atoms with Crippen LogP contribution in [0.25, 0.3) is 27.8 Å². The van der Waals surface area contributed by atoms with Gasteiger partial charge in [-0.3, -0.25) is 9.08 Å². The van der Waals surface area contributed by atoms with Gasteiger partial charge in [0.05, 0.1) is 27.9 Å². The first-order chi connectivity index (χ1) is 13.1. The molecule has 3 aromatic heterocycles. The van der Waals surface area contributed by atoms with Gasteiger partial charge in [-0.2, -0.15) is 5.10 Å². The van der Waals surface area contributed by atoms with Gasteiger partial charge in [0.15, 0.2) is 0 Å². The van der Waals surface area contributed by atoms with Crippen LogP contribution in [0.4, 0.5) is 0 Å². The molecule has 0 spiro atoms. The highest BCUT2D eigenvalue weighted by molar-refractivity contribution is 5.89. The van der Waals surface area contributed by atoms with Crippen LogP contribution in [0.2, 0.25) is 0 Å². The van der Waals surface area contributed by atoms with Crippen molar-refractivity contribution in [1.82, 2.24) is 24.1 Å². The molecule has 0 aliphatic carbocycles. The summed E-state index contributed by atoms with van der Waals surface area (Å²) in [4.78, 5) is 10.1. The van der Waals surface area contributed by atoms with E-state index in [-0.39, 0.29) is 0 Å². The van der Waals surface area contributed by atoms with Crippen molar-refractivity contribution in [3.63, 3.8) is 0 Å². The minimum atomic E-state index is 0.411. The van der Waals surface area contributed by atoms with Crippen LogP contribution in [-0.4, -0.2) is 37.4 Å². The molecule has 6 nitrogen and oxygen atoms in total. The molecule has 1 aromatic carbocycles. The Kier molecular flexibility index (Phi) is 3.75. The fraction of sp³-hybridized carbons (Fsp3) is 0.381. The lowest BCUT2D eigenvalue weighted by atomic mass is 9.99. The number of fused-ring (bicyclic) bond motifs is 3. The molecule has 1 aliphatic rings. The van der Waals surface area contributed by atoms with Crippen molar-refractivity contribution in [2.24, 2.45) is 7.05 Å². The molecule has 138 valence electrons. The van der Waals surface area contributed by atoms with Crippen LogP contribution in [-0.2, 0) is 11.8 Å². The molecule has 4 aromatic rings. The predicted octanol–water partition coefficient (Wildman–Crippen LogP) is 3.79. The van der Waals surface area contributed by atoms with Gasteiger partial charge in [-0.05, 0) is 38.8 Å². The summed E-state index contributed by atoms with van der Waals surface area (Å²) in [6, 6.07) is 8.33. The van der Waals surface area contributed by atoms with Crippen molar-refractivity contribution < 1.29 is 4.74 Å². The number of ether oxygens (including phenoxy) is 1. The Hall–Kier alpha value is -2.73. The Balaban J connectivity index is 1.88. The molecule has 0 bridgehead atoms. The zero-order chi connectivity index (χ0) is 18.5. The summed E-state index contributed by atoms with van der Waals surface area (Å²) in [5.41, 5.74) is 7.21. The average molecular weight is 361 g/mol. The van der Waals surface area contributed by atoms with Crippen LogP contribution in [0.3, 0.4) is 0 Å². The fourth-order valence-corrected chi connectivity index (χ4v) is 4.24. The van der Waals surface area contributed by atoms with Crippen molar-refractivity contribution >= 4 is 16.6 Å². The first-order valence-electron chi connectivity index (χ1n) is 9.49. The van der Waals surface area contributed by atoms with E-state index in [1.165, 1.54) is 0 Å². The van der Waals surface area contributed by atoms with Crippen molar-refractivity contribution in [3.05, 3.63) is 47.7 Å². The molecular formula is C21H23N5O. The largest absolute Gasteiger partial charge is 0.381 e. The standard InChI is InChI=1S/C21H23N5O/c1-13-16(12-25(3)24-13)19-20-14(2)22-21(15-8-10-27-11-9-15)26(20)18-7-5-4-6-17(18)23-19/h4-7,12,15H,8-11H2,1-3H3. The number of hydrogen-bond donors (Lipinski definition) is 0. The van der Waals surface area contributed by atoms with Crippen LogP contribution in [0.15, 0.2) is 30.5 Å². The Morgan fingerprint density at radius 2 is 1.81 bits per heavy atom. The molecule has 0 atom stereocenters. The Morgan fingerprint density at radius 1 is 1.04 bits per heavy atom. The van der Waals surface area contributed by atoms with Gasteiger partial charge in [-0.15, -0.1) is 0 Å². The number of benzene rings is 1. The lowest BCUT2D eigenvalue weighted by Crippen LogP contribution is -2.16. The Morgan fingerprint density at radius 3 is 2.56 bits per heavy atom. The Bertz CT molecular complexity index is 1150. The molecular weight excluding hydrogens is 338 g/mol. The third-order valence-corrected chi connectivity index (χ3v) is 5.51. The van der Waals surface area contributed by atoms with Gasteiger partial charge in [-0.25, -0.2) is 9.97 Å². The molecule has 0 N–H and O–H groups in total. The number of para-hydroxylation sites is 2. The molecule has 6 heteroatoms. The highest BCUT2D eigenvalue weighted by Crippen LogP contribution is 2.35. The van der Waals surface area contributed by atoms with Gasteiger partial charge in [0.25, 0.3) is 0 Å². The average Bonchev–Trinajstić information content (AvgIpc) is 3.21. The maximum atomic E-state index is 5.58. The lowest BCUT2D eigenvalue weighted by molar-refractivity contribution is 0.0835. The third kappa shape index (κ3) is 2.55. The zero-order valence-corrected chi connectivity index (χ0v) is 15.9. The van der Waals surface area contributed by atoms with E-state index in [4.69, 9.17) is 14.7 Å². The summed E-state index contributed by atoms with van der Waals surface area (Å²) < 4.78 is 9.76. The number of hydrogen-bond acceptors (Lipinski definition) is 4. The summed E-state index contributed by atoms with van der Waals surface area (Å²) in [6.07, 6.45) is 4.07. The van der Waals surface area contributed by atoms with Crippen LogP contribution in [0, 0.1) is 13.8 Å². The topological polar surface area (TPSA) is 57.2 Å². The maximum Gasteiger partial charge on any atom is 0.117 e. The first kappa shape index (κ1) is 16.4. The highest BCUT2D eigenvalue weighted by Gasteiger charge is 2.25. The van der Waals surface area contributed by atoms with Crippen molar-refractivity contribution in [3.8, 4) is 11.3 Å². The van der Waals surface area contributed by atoms with Gasteiger partial charge in [0.1, 0.15) is 11.5 Å². The number of nitrogens with zero attached hydrogens (tertiary/aromatic N) is 5. The molecule has 1 aliphatic heterocycles. The third-order valence-electron chi connectivity index (χ3n) is 5.51. The van der Waals surface area contributed by atoms with E-state index in [0.29, 0.717) is 5.92 Å². The van der Waals surface area contributed by atoms with E-state index in [1.807, 2.05) is 30.9 Å². The molecule has 1 saturated heterocycles. The number of rotatable bonds is 2. The van der Waals surface area contributed by atoms with E-state index in [2.05, 4.69) is 34.6 Å². The van der Waals surface area contributed by atoms with Crippen molar-refractivity contribution in [2.75, 3.05) is 13.2 Å². The molecule has 27 heavy (non-hydrogen) atoms. The molecule has 0 saturated carbocycles. The highest BCUT2D eigenvalue weighted by atomic mass is 16.5. The zero-order valence-electron chi connectivity index (χ0n) is 15.9. The lowest BCUT2D eigenvalue weighted by Gasteiger charge is -2.21. The molecule has 0 radical (unpaired) electrons. The first-order valence-corrected chi connectivity index (χ1v) is 9.49. The van der Waals surface area contributed by atoms with Gasteiger partial charge in [-0.1, -0.05) is 12.1 Å². The predicted molar refractivity (Wildman–Crippen MR) is 105 cm³/mol. The summed E-state index contributed by atoms with van der Waals surface area (Å²) in [5, 5.41) is 4.53. The van der Waals surface area contributed by atoms with Gasteiger partial charge in [0.2, 0.25) is 0 Å². The summed E-state index contributed by atoms with van der Waals surface area (Å²) in [5.74, 6) is 1.54. The number of imidazole rings is 1. The van der Waals surface area contributed by atoms with E-state index in [0.717, 1.165) is 71.1 Å². The van der Waals surface area contributed by atoms with Gasteiger partial charge >= 0.3 is 0 Å². The molecule has 5 rings (SSSR count). The van der Waals surface area contributed by atoms with Crippen molar-refractivity contribution in [1.29, 1.82) is 0 Å². The van der Waals surface area contributed by atoms with E-state index < -0.39 is 0 Å².